The molecule has 1 aliphatic heterocycles. The Bertz CT molecular complexity index is 660. The zero-order chi connectivity index (χ0) is 18.4. The molecular weight excluding hydrogens is 352 g/mol. The second kappa shape index (κ2) is 9.04. The van der Waals surface area contributed by atoms with Crippen LogP contribution in [0.15, 0.2) is 22.8 Å². The maximum Gasteiger partial charge on any atom is 0.221 e. The van der Waals surface area contributed by atoms with Gasteiger partial charge in [0.15, 0.2) is 9.84 Å². The third-order valence-corrected chi connectivity index (χ3v) is 7.88. The van der Waals surface area contributed by atoms with Crippen molar-refractivity contribution < 1.29 is 17.6 Å². The first-order valence-electron chi connectivity index (χ1n) is 9.82. The standard InChI is InChI=1S/C19H30N2O4S/c22-19(10-14-26(23,24)16-7-2-3-8-16)20-15-17(18-9-6-13-25-18)21-11-4-1-5-12-21/h6,9,13,16-17H,1-5,7-8,10-12,14-15H2,(H,20,22). The number of hydrogen-bond acceptors (Lipinski definition) is 5. The lowest BCUT2D eigenvalue weighted by molar-refractivity contribution is -0.121. The van der Waals surface area contributed by atoms with Crippen LogP contribution < -0.4 is 5.32 Å². The van der Waals surface area contributed by atoms with Crippen molar-refractivity contribution in [3.05, 3.63) is 24.2 Å². The topological polar surface area (TPSA) is 79.6 Å². The van der Waals surface area contributed by atoms with E-state index in [0.717, 1.165) is 57.4 Å². The van der Waals surface area contributed by atoms with Crippen molar-refractivity contribution >= 4 is 15.7 Å². The van der Waals surface area contributed by atoms with Crippen LogP contribution >= 0.6 is 0 Å². The lowest BCUT2D eigenvalue weighted by atomic mass is 10.1. The fourth-order valence-electron chi connectivity index (χ4n) is 4.07. The molecule has 26 heavy (non-hydrogen) atoms. The zero-order valence-corrected chi connectivity index (χ0v) is 16.2. The smallest absolute Gasteiger partial charge is 0.221 e. The van der Waals surface area contributed by atoms with E-state index in [1.54, 1.807) is 6.26 Å². The van der Waals surface area contributed by atoms with Crippen molar-refractivity contribution in [3.63, 3.8) is 0 Å². The molecule has 7 heteroatoms. The summed E-state index contributed by atoms with van der Waals surface area (Å²) in [7, 11) is -3.15. The number of rotatable bonds is 8. The van der Waals surface area contributed by atoms with E-state index in [1.807, 2.05) is 12.1 Å². The number of carbonyl (C=O) groups excluding carboxylic acids is 1. The Hall–Kier alpha value is -1.34. The van der Waals surface area contributed by atoms with Gasteiger partial charge in [-0.2, -0.15) is 0 Å². The largest absolute Gasteiger partial charge is 0.468 e. The summed E-state index contributed by atoms with van der Waals surface area (Å²) in [5.74, 6) is 0.615. The molecule has 1 aliphatic carbocycles. The number of piperidine rings is 1. The first-order chi connectivity index (χ1) is 12.6. The van der Waals surface area contributed by atoms with E-state index in [1.165, 1.54) is 6.42 Å². The van der Waals surface area contributed by atoms with Gasteiger partial charge in [-0.25, -0.2) is 8.42 Å². The summed E-state index contributed by atoms with van der Waals surface area (Å²) in [5, 5.41) is 2.69. The van der Waals surface area contributed by atoms with Crippen LogP contribution in [-0.2, 0) is 14.6 Å². The van der Waals surface area contributed by atoms with E-state index in [4.69, 9.17) is 4.42 Å². The molecule has 0 bridgehead atoms. The Morgan fingerprint density at radius 3 is 2.58 bits per heavy atom. The highest BCUT2D eigenvalue weighted by molar-refractivity contribution is 7.92. The number of carbonyl (C=O) groups is 1. The summed E-state index contributed by atoms with van der Waals surface area (Å²) >= 11 is 0. The van der Waals surface area contributed by atoms with Crippen LogP contribution in [0, 0.1) is 0 Å². The van der Waals surface area contributed by atoms with E-state index in [0.29, 0.717) is 6.54 Å². The quantitative estimate of drug-likeness (QED) is 0.748. The Kier molecular flexibility index (Phi) is 6.75. The van der Waals surface area contributed by atoms with Crippen LogP contribution in [0.1, 0.15) is 63.2 Å². The zero-order valence-electron chi connectivity index (χ0n) is 15.4. The summed E-state index contributed by atoms with van der Waals surface area (Å²) in [4.78, 5) is 14.6. The van der Waals surface area contributed by atoms with Crippen molar-refractivity contribution in [2.45, 2.75) is 62.7 Å². The predicted octanol–water partition coefficient (Wildman–Crippen LogP) is 2.67. The molecule has 3 rings (SSSR count). The van der Waals surface area contributed by atoms with Gasteiger partial charge in [0, 0.05) is 13.0 Å². The molecule has 1 amide bonds. The normalized spacial score (nSPS) is 20.9. The lowest BCUT2D eigenvalue weighted by Gasteiger charge is -2.33. The van der Waals surface area contributed by atoms with Gasteiger partial charge in [0.1, 0.15) is 5.76 Å². The third-order valence-electron chi connectivity index (χ3n) is 5.62. The van der Waals surface area contributed by atoms with Crippen molar-refractivity contribution in [2.75, 3.05) is 25.4 Å². The van der Waals surface area contributed by atoms with Gasteiger partial charge >= 0.3 is 0 Å². The van der Waals surface area contributed by atoms with Crippen molar-refractivity contribution in [1.29, 1.82) is 0 Å². The number of sulfone groups is 1. The monoisotopic (exact) mass is 382 g/mol. The maximum atomic E-state index is 12.3. The number of likely N-dealkylation sites (tertiary alicyclic amines) is 1. The van der Waals surface area contributed by atoms with Crippen LogP contribution in [0.25, 0.3) is 0 Å². The minimum absolute atomic E-state index is 0.0145. The molecule has 1 N–H and O–H groups in total. The van der Waals surface area contributed by atoms with Crippen molar-refractivity contribution in [2.24, 2.45) is 0 Å². The van der Waals surface area contributed by atoms with Gasteiger partial charge in [-0.3, -0.25) is 9.69 Å². The van der Waals surface area contributed by atoms with E-state index in [9.17, 15) is 13.2 Å². The summed E-state index contributed by atoms with van der Waals surface area (Å²) in [5.41, 5.74) is 0. The molecule has 1 saturated carbocycles. The first kappa shape index (κ1) is 19.4. The van der Waals surface area contributed by atoms with Gasteiger partial charge < -0.3 is 9.73 Å². The molecule has 1 aromatic heterocycles. The maximum absolute atomic E-state index is 12.3. The van der Waals surface area contributed by atoms with E-state index in [-0.39, 0.29) is 29.4 Å². The molecule has 0 aromatic carbocycles. The van der Waals surface area contributed by atoms with E-state index >= 15 is 0 Å². The molecule has 2 fully saturated rings. The van der Waals surface area contributed by atoms with Crippen molar-refractivity contribution in [1.82, 2.24) is 10.2 Å². The van der Waals surface area contributed by atoms with Crippen molar-refractivity contribution in [3.8, 4) is 0 Å². The SMILES string of the molecule is O=C(CCS(=O)(=O)C1CCCC1)NCC(c1ccco1)N1CCCCC1. The summed E-state index contributed by atoms with van der Waals surface area (Å²) in [6, 6.07) is 3.82. The molecule has 1 atom stereocenters. The van der Waals surface area contributed by atoms with Crippen LogP contribution in [-0.4, -0.2) is 49.9 Å². The highest BCUT2D eigenvalue weighted by atomic mass is 32.2. The van der Waals surface area contributed by atoms with E-state index < -0.39 is 9.84 Å². The number of nitrogens with zero attached hydrogens (tertiary/aromatic N) is 1. The van der Waals surface area contributed by atoms with Gasteiger partial charge in [0.2, 0.25) is 5.91 Å². The second-order valence-electron chi connectivity index (χ2n) is 7.46. The molecule has 0 radical (unpaired) electrons. The van der Waals surface area contributed by atoms with Crippen LogP contribution in [0.4, 0.5) is 0 Å². The second-order valence-corrected chi connectivity index (χ2v) is 9.86. The van der Waals surface area contributed by atoms with E-state index in [2.05, 4.69) is 10.2 Å². The predicted molar refractivity (Wildman–Crippen MR) is 101 cm³/mol. The number of nitrogens with one attached hydrogen (secondary N) is 1. The third kappa shape index (κ3) is 5.10. The molecule has 1 saturated heterocycles. The van der Waals surface area contributed by atoms with Crippen LogP contribution in [0.2, 0.25) is 0 Å². The van der Waals surface area contributed by atoms with Crippen LogP contribution in [0.3, 0.4) is 0 Å². The molecular formula is C19H30N2O4S. The number of furan rings is 1. The fraction of sp³-hybridized carbons (Fsp3) is 0.737. The van der Waals surface area contributed by atoms with Gasteiger partial charge in [0.05, 0.1) is 23.3 Å². The summed E-state index contributed by atoms with van der Waals surface area (Å²) in [6.07, 6.45) is 8.72. The fourth-order valence-corrected chi connectivity index (χ4v) is 5.92. The molecule has 2 aliphatic rings. The average Bonchev–Trinajstić information content (AvgIpc) is 3.35. The first-order valence-corrected chi connectivity index (χ1v) is 11.5. The van der Waals surface area contributed by atoms with Gasteiger partial charge in [-0.1, -0.05) is 19.3 Å². The minimum atomic E-state index is -3.15. The van der Waals surface area contributed by atoms with Gasteiger partial charge in [-0.15, -0.1) is 0 Å². The Labute approximate surface area is 156 Å². The Morgan fingerprint density at radius 2 is 1.92 bits per heavy atom. The molecule has 146 valence electrons. The van der Waals surface area contributed by atoms with Gasteiger partial charge in [-0.05, 0) is 50.9 Å². The number of hydrogen-bond donors (Lipinski definition) is 1. The lowest BCUT2D eigenvalue weighted by Crippen LogP contribution is -2.40. The molecule has 0 spiro atoms. The summed E-state index contributed by atoms with van der Waals surface area (Å²) in [6.45, 7) is 2.45. The Balaban J connectivity index is 1.51. The molecule has 2 heterocycles. The Morgan fingerprint density at radius 1 is 1.19 bits per heavy atom. The molecule has 1 unspecified atom stereocenters. The highest BCUT2D eigenvalue weighted by Gasteiger charge is 2.29. The summed E-state index contributed by atoms with van der Waals surface area (Å²) < 4.78 is 30.2. The number of amides is 1. The highest BCUT2D eigenvalue weighted by Crippen LogP contribution is 2.26. The molecule has 1 aromatic rings. The van der Waals surface area contributed by atoms with Gasteiger partial charge in [0.25, 0.3) is 0 Å². The molecule has 6 nitrogen and oxygen atoms in total. The average molecular weight is 383 g/mol. The van der Waals surface area contributed by atoms with Crippen LogP contribution in [0.5, 0.6) is 0 Å². The minimum Gasteiger partial charge on any atom is -0.468 e.